The molecule has 0 bridgehead atoms. The lowest BCUT2D eigenvalue weighted by Gasteiger charge is -2.34. The van der Waals surface area contributed by atoms with Gasteiger partial charge in [-0.3, -0.25) is 0 Å². The molecule has 1 N–H and O–H groups in total. The first-order valence-electron chi connectivity index (χ1n) is 7.77. The average Bonchev–Trinajstić information content (AvgIpc) is 2.88. The molecule has 2 atom stereocenters. The second-order valence-electron chi connectivity index (χ2n) is 5.92. The quantitative estimate of drug-likeness (QED) is 0.876. The number of fused-ring (bicyclic) bond motifs is 1. The van der Waals surface area contributed by atoms with Crippen LogP contribution in [-0.4, -0.2) is 53.9 Å². The monoisotopic (exact) mass is 338 g/mol. The van der Waals surface area contributed by atoms with Crippen molar-refractivity contribution >= 4 is 15.9 Å². The highest BCUT2D eigenvalue weighted by atomic mass is 32.2. The Kier molecular flexibility index (Phi) is 4.67. The Hall–Kier alpha value is -1.48. The van der Waals surface area contributed by atoms with E-state index >= 15 is 0 Å². The average molecular weight is 338 g/mol. The zero-order valence-electron chi connectivity index (χ0n) is 13.3. The van der Waals surface area contributed by atoms with E-state index in [4.69, 9.17) is 4.74 Å². The molecule has 1 fully saturated rings. The predicted octanol–water partition coefficient (Wildman–Crippen LogP) is 0.820. The number of aromatic nitrogens is 2. The molecule has 3 rings (SSSR count). The molecule has 0 aliphatic carbocycles. The van der Waals surface area contributed by atoms with Crippen molar-refractivity contribution in [1.82, 2.24) is 18.4 Å². The highest BCUT2D eigenvalue weighted by Crippen LogP contribution is 2.13. The van der Waals surface area contributed by atoms with Crippen LogP contribution in [0.1, 0.15) is 19.5 Å². The van der Waals surface area contributed by atoms with Gasteiger partial charge in [-0.15, -0.1) is 0 Å². The van der Waals surface area contributed by atoms with Gasteiger partial charge in [0.05, 0.1) is 17.9 Å². The van der Waals surface area contributed by atoms with Crippen LogP contribution in [0.25, 0.3) is 5.65 Å². The molecule has 1 aliphatic heterocycles. The van der Waals surface area contributed by atoms with Crippen molar-refractivity contribution in [3.8, 4) is 0 Å². The van der Waals surface area contributed by atoms with Crippen LogP contribution in [0.5, 0.6) is 0 Å². The van der Waals surface area contributed by atoms with Crippen LogP contribution >= 0.6 is 0 Å². The van der Waals surface area contributed by atoms with E-state index in [-0.39, 0.29) is 12.2 Å². The van der Waals surface area contributed by atoms with Crippen LogP contribution < -0.4 is 4.72 Å². The molecular weight excluding hydrogens is 316 g/mol. The SMILES string of the molecule is C[C@@H]1CN(S(=O)(=O)NCCc2cn3ccccc3n2)C[C@H](C)O1. The molecule has 1 aliphatic rings. The van der Waals surface area contributed by atoms with Crippen molar-refractivity contribution in [3.63, 3.8) is 0 Å². The van der Waals surface area contributed by atoms with Gasteiger partial charge in [0.2, 0.25) is 0 Å². The summed E-state index contributed by atoms with van der Waals surface area (Å²) in [6, 6.07) is 5.78. The van der Waals surface area contributed by atoms with Gasteiger partial charge in [0, 0.05) is 38.4 Å². The van der Waals surface area contributed by atoms with Crippen LogP contribution in [0.4, 0.5) is 0 Å². The Balaban J connectivity index is 1.58. The molecule has 0 spiro atoms. The predicted molar refractivity (Wildman–Crippen MR) is 87.4 cm³/mol. The fraction of sp³-hybridized carbons (Fsp3) is 0.533. The number of ether oxygens (including phenoxy) is 1. The van der Waals surface area contributed by atoms with Gasteiger partial charge in [-0.05, 0) is 26.0 Å². The number of pyridine rings is 1. The lowest BCUT2D eigenvalue weighted by Crippen LogP contribution is -2.52. The number of rotatable bonds is 5. The van der Waals surface area contributed by atoms with Gasteiger partial charge in [-0.2, -0.15) is 12.7 Å². The maximum atomic E-state index is 12.4. The fourth-order valence-electron chi connectivity index (χ4n) is 2.83. The molecule has 3 heterocycles. The zero-order chi connectivity index (χ0) is 16.4. The molecule has 7 nitrogen and oxygen atoms in total. The molecule has 0 unspecified atom stereocenters. The molecule has 2 aromatic heterocycles. The molecular formula is C15H22N4O3S. The van der Waals surface area contributed by atoms with Crippen LogP contribution in [-0.2, 0) is 21.4 Å². The zero-order valence-corrected chi connectivity index (χ0v) is 14.2. The second kappa shape index (κ2) is 6.56. The van der Waals surface area contributed by atoms with Crippen molar-refractivity contribution in [3.05, 3.63) is 36.3 Å². The first-order chi connectivity index (χ1) is 10.9. The molecule has 1 saturated heterocycles. The van der Waals surface area contributed by atoms with Gasteiger partial charge in [-0.25, -0.2) is 9.71 Å². The van der Waals surface area contributed by atoms with E-state index in [1.807, 2.05) is 48.8 Å². The third-order valence-corrected chi connectivity index (χ3v) is 5.35. The maximum Gasteiger partial charge on any atom is 0.279 e. The molecule has 126 valence electrons. The third kappa shape index (κ3) is 3.89. The van der Waals surface area contributed by atoms with Crippen LogP contribution in [0, 0.1) is 0 Å². The summed E-state index contributed by atoms with van der Waals surface area (Å²) >= 11 is 0. The summed E-state index contributed by atoms with van der Waals surface area (Å²) in [4.78, 5) is 4.46. The van der Waals surface area contributed by atoms with E-state index in [1.54, 1.807) is 0 Å². The minimum atomic E-state index is -3.48. The molecule has 0 aromatic carbocycles. The normalized spacial score (nSPS) is 23.4. The first kappa shape index (κ1) is 16.4. The first-order valence-corrected chi connectivity index (χ1v) is 9.21. The van der Waals surface area contributed by atoms with E-state index in [1.165, 1.54) is 4.31 Å². The Morgan fingerprint density at radius 2 is 2.04 bits per heavy atom. The van der Waals surface area contributed by atoms with E-state index < -0.39 is 10.2 Å². The topological polar surface area (TPSA) is 75.9 Å². The van der Waals surface area contributed by atoms with Crippen LogP contribution in [0.15, 0.2) is 30.6 Å². The van der Waals surface area contributed by atoms with Gasteiger partial charge in [0.25, 0.3) is 10.2 Å². The van der Waals surface area contributed by atoms with Crippen molar-refractivity contribution < 1.29 is 13.2 Å². The summed E-state index contributed by atoms with van der Waals surface area (Å²) in [5.41, 5.74) is 1.73. The Labute approximate surface area is 136 Å². The highest BCUT2D eigenvalue weighted by molar-refractivity contribution is 7.87. The van der Waals surface area contributed by atoms with Crippen molar-refractivity contribution in [2.45, 2.75) is 32.5 Å². The Morgan fingerprint density at radius 3 is 2.74 bits per heavy atom. The Bertz CT molecular complexity index is 731. The Morgan fingerprint density at radius 1 is 1.30 bits per heavy atom. The fourth-order valence-corrected chi connectivity index (χ4v) is 4.19. The van der Waals surface area contributed by atoms with E-state index in [0.29, 0.717) is 26.1 Å². The summed E-state index contributed by atoms with van der Waals surface area (Å²) in [6.45, 7) is 4.86. The van der Waals surface area contributed by atoms with E-state index in [2.05, 4.69) is 9.71 Å². The van der Waals surface area contributed by atoms with Crippen LogP contribution in [0.2, 0.25) is 0 Å². The highest BCUT2D eigenvalue weighted by Gasteiger charge is 2.30. The van der Waals surface area contributed by atoms with E-state index in [9.17, 15) is 8.42 Å². The van der Waals surface area contributed by atoms with Gasteiger partial charge in [0.15, 0.2) is 0 Å². The molecule has 0 amide bonds. The molecule has 2 aromatic rings. The number of morpholine rings is 1. The molecule has 0 saturated carbocycles. The molecule has 8 heteroatoms. The molecule has 0 radical (unpaired) electrons. The number of nitrogens with zero attached hydrogens (tertiary/aromatic N) is 3. The van der Waals surface area contributed by atoms with Crippen molar-refractivity contribution in [1.29, 1.82) is 0 Å². The van der Waals surface area contributed by atoms with Gasteiger partial charge in [-0.1, -0.05) is 6.07 Å². The second-order valence-corrected chi connectivity index (χ2v) is 7.68. The smallest absolute Gasteiger partial charge is 0.279 e. The number of hydrogen-bond acceptors (Lipinski definition) is 4. The van der Waals surface area contributed by atoms with Crippen molar-refractivity contribution in [2.75, 3.05) is 19.6 Å². The summed E-state index contributed by atoms with van der Waals surface area (Å²) in [6.07, 6.45) is 4.22. The van der Waals surface area contributed by atoms with Gasteiger partial charge < -0.3 is 9.14 Å². The van der Waals surface area contributed by atoms with E-state index in [0.717, 1.165) is 11.3 Å². The lowest BCUT2D eigenvalue weighted by atomic mass is 10.3. The summed E-state index contributed by atoms with van der Waals surface area (Å²) in [5.74, 6) is 0. The summed E-state index contributed by atoms with van der Waals surface area (Å²) in [7, 11) is -3.48. The standard InChI is InChI=1S/C15H22N4O3S/c1-12-9-19(10-13(2)22-12)23(20,21)16-7-6-14-11-18-8-4-3-5-15(18)17-14/h3-5,8,11-13,16H,6-7,9-10H2,1-2H3/t12-,13+. The minimum Gasteiger partial charge on any atom is -0.373 e. The van der Waals surface area contributed by atoms with Crippen molar-refractivity contribution in [2.24, 2.45) is 0 Å². The van der Waals surface area contributed by atoms with Gasteiger partial charge >= 0.3 is 0 Å². The molecule has 23 heavy (non-hydrogen) atoms. The van der Waals surface area contributed by atoms with Gasteiger partial charge in [0.1, 0.15) is 5.65 Å². The number of imidazole rings is 1. The largest absolute Gasteiger partial charge is 0.373 e. The number of nitrogens with one attached hydrogen (secondary N) is 1. The summed E-state index contributed by atoms with van der Waals surface area (Å²) < 4.78 is 36.4. The minimum absolute atomic E-state index is 0.0891. The lowest BCUT2D eigenvalue weighted by molar-refractivity contribution is -0.0443. The maximum absolute atomic E-state index is 12.4. The number of hydrogen-bond donors (Lipinski definition) is 1. The van der Waals surface area contributed by atoms with Crippen LogP contribution in [0.3, 0.4) is 0 Å². The summed E-state index contributed by atoms with van der Waals surface area (Å²) in [5, 5.41) is 0. The third-order valence-electron chi connectivity index (χ3n) is 3.81.